The Morgan fingerprint density at radius 2 is 0.743 bits per heavy atom. The molecule has 1 aliphatic rings. The molecule has 0 amide bonds. The van der Waals surface area contributed by atoms with E-state index in [2.05, 4.69) is 43.0 Å². The van der Waals surface area contributed by atoms with Crippen molar-refractivity contribution in [2.24, 2.45) is 0 Å². The fraction of sp³-hybridized carbons (Fsp3) is 0.939. The largest absolute Gasteiger partial charge is 0.356 e. The zero-order chi connectivity index (χ0) is 25.2. The quantitative estimate of drug-likeness (QED) is 0.106. The van der Waals surface area contributed by atoms with E-state index >= 15 is 0 Å². The van der Waals surface area contributed by atoms with Crippen molar-refractivity contribution < 1.29 is 0 Å². The van der Waals surface area contributed by atoms with Gasteiger partial charge < -0.3 is 9.80 Å². The van der Waals surface area contributed by atoms with Gasteiger partial charge in [-0.05, 0) is 26.2 Å². The highest BCUT2D eigenvalue weighted by molar-refractivity contribution is 4.96. The first-order valence-electron chi connectivity index (χ1n) is 16.5. The second kappa shape index (κ2) is 25.0. The normalized spacial score (nSPS) is 15.6. The molecule has 1 unspecified atom stereocenters. The highest BCUT2D eigenvalue weighted by Gasteiger charge is 2.23. The second-order valence-corrected chi connectivity index (χ2v) is 11.4. The van der Waals surface area contributed by atoms with Crippen LogP contribution < -0.4 is 0 Å². The van der Waals surface area contributed by atoms with Gasteiger partial charge in [0.2, 0.25) is 0 Å². The monoisotopic (exact) mass is 491 g/mol. The molecule has 0 aromatic rings. The number of unbranched alkanes of at least 4 members (excludes halogenated alkanes) is 22. The predicted octanol–water partition coefficient (Wildman–Crippen LogP) is 11.2. The van der Waals surface area contributed by atoms with Gasteiger partial charge in [0.25, 0.3) is 0 Å². The maximum atomic E-state index is 2.65. The summed E-state index contributed by atoms with van der Waals surface area (Å²) < 4.78 is 0. The third-order valence-corrected chi connectivity index (χ3v) is 8.17. The first-order valence-corrected chi connectivity index (χ1v) is 16.5. The highest BCUT2D eigenvalue weighted by atomic mass is 15.4. The van der Waals surface area contributed by atoms with Crippen LogP contribution in [0.1, 0.15) is 181 Å². The molecule has 0 aromatic carbocycles. The molecule has 0 bridgehead atoms. The maximum Gasteiger partial charge on any atom is 0.101 e. The molecular weight excluding hydrogens is 424 g/mol. The van der Waals surface area contributed by atoms with E-state index < -0.39 is 0 Å². The van der Waals surface area contributed by atoms with Crippen LogP contribution in [0, 0.1) is 0 Å². The van der Waals surface area contributed by atoms with Gasteiger partial charge >= 0.3 is 0 Å². The molecule has 2 nitrogen and oxygen atoms in total. The summed E-state index contributed by atoms with van der Waals surface area (Å²) in [6.07, 6.45) is 41.3. The van der Waals surface area contributed by atoms with Crippen LogP contribution >= 0.6 is 0 Å². The third-order valence-electron chi connectivity index (χ3n) is 8.17. The zero-order valence-corrected chi connectivity index (χ0v) is 24.7. The van der Waals surface area contributed by atoms with E-state index in [1.807, 2.05) is 0 Å². The van der Waals surface area contributed by atoms with E-state index in [0.29, 0.717) is 6.17 Å². The average molecular weight is 491 g/mol. The fourth-order valence-electron chi connectivity index (χ4n) is 5.74. The lowest BCUT2D eigenvalue weighted by atomic mass is 10.0. The van der Waals surface area contributed by atoms with E-state index in [-0.39, 0.29) is 0 Å². The first-order chi connectivity index (χ1) is 17.3. The average Bonchev–Trinajstić information content (AvgIpc) is 3.27. The van der Waals surface area contributed by atoms with Crippen LogP contribution in [0.4, 0.5) is 0 Å². The Labute approximate surface area is 222 Å². The molecule has 1 atom stereocenters. The third kappa shape index (κ3) is 18.3. The molecule has 1 rings (SSSR count). The molecular formula is C33H66N2. The van der Waals surface area contributed by atoms with Crippen molar-refractivity contribution >= 4 is 0 Å². The van der Waals surface area contributed by atoms with Crippen molar-refractivity contribution in [2.45, 2.75) is 187 Å². The molecule has 1 aliphatic heterocycles. The Bertz CT molecular complexity index is 446. The van der Waals surface area contributed by atoms with Gasteiger partial charge in [-0.3, -0.25) is 0 Å². The van der Waals surface area contributed by atoms with Gasteiger partial charge in [-0.1, -0.05) is 155 Å². The Hall–Kier alpha value is -0.660. The molecule has 35 heavy (non-hydrogen) atoms. The molecule has 0 N–H and O–H groups in total. The molecule has 0 aromatic heterocycles. The maximum absolute atomic E-state index is 2.65. The van der Waals surface area contributed by atoms with Gasteiger partial charge in [-0.15, -0.1) is 0 Å². The van der Waals surface area contributed by atoms with Gasteiger partial charge in [-0.2, -0.15) is 0 Å². The summed E-state index contributed by atoms with van der Waals surface area (Å²) in [6, 6.07) is 0. The molecule has 2 heteroatoms. The summed E-state index contributed by atoms with van der Waals surface area (Å²) in [5, 5.41) is 0. The van der Waals surface area contributed by atoms with Gasteiger partial charge in [0, 0.05) is 25.5 Å². The smallest absolute Gasteiger partial charge is 0.101 e. The fourth-order valence-corrected chi connectivity index (χ4v) is 5.74. The lowest BCUT2D eigenvalue weighted by Crippen LogP contribution is -2.38. The highest BCUT2D eigenvalue weighted by Crippen LogP contribution is 2.23. The number of hydrogen-bond acceptors (Lipinski definition) is 2. The number of nitrogens with zero attached hydrogens (tertiary/aromatic N) is 2. The lowest BCUT2D eigenvalue weighted by Gasteiger charge is -2.32. The first kappa shape index (κ1) is 32.4. The zero-order valence-electron chi connectivity index (χ0n) is 24.7. The van der Waals surface area contributed by atoms with E-state index in [0.717, 1.165) is 6.54 Å². The van der Waals surface area contributed by atoms with Crippen molar-refractivity contribution in [3.8, 4) is 0 Å². The summed E-state index contributed by atoms with van der Waals surface area (Å²) >= 11 is 0. The van der Waals surface area contributed by atoms with Crippen LogP contribution in [0.2, 0.25) is 0 Å². The van der Waals surface area contributed by atoms with Gasteiger partial charge in [-0.25, -0.2) is 0 Å². The Morgan fingerprint density at radius 1 is 0.400 bits per heavy atom. The van der Waals surface area contributed by atoms with Crippen molar-refractivity contribution in [1.82, 2.24) is 9.80 Å². The molecule has 0 fully saturated rings. The Morgan fingerprint density at radius 3 is 1.14 bits per heavy atom. The van der Waals surface area contributed by atoms with Crippen molar-refractivity contribution in [2.75, 3.05) is 13.1 Å². The predicted molar refractivity (Wildman–Crippen MR) is 159 cm³/mol. The molecule has 0 radical (unpaired) electrons. The van der Waals surface area contributed by atoms with Crippen LogP contribution in [0.3, 0.4) is 0 Å². The second-order valence-electron chi connectivity index (χ2n) is 11.4. The van der Waals surface area contributed by atoms with Crippen molar-refractivity contribution in [3.05, 3.63) is 12.4 Å². The molecule has 0 saturated carbocycles. The minimum absolute atomic E-state index is 0.635. The summed E-state index contributed by atoms with van der Waals surface area (Å²) in [4.78, 5) is 5.21. The Kier molecular flexibility index (Phi) is 23.1. The van der Waals surface area contributed by atoms with Crippen LogP contribution in [0.25, 0.3) is 0 Å². The van der Waals surface area contributed by atoms with E-state index in [1.54, 1.807) is 0 Å². The van der Waals surface area contributed by atoms with Crippen LogP contribution in [-0.2, 0) is 0 Å². The summed E-state index contributed by atoms with van der Waals surface area (Å²) in [7, 11) is 0. The van der Waals surface area contributed by atoms with Crippen LogP contribution in [0.15, 0.2) is 12.4 Å². The Balaban J connectivity index is 1.95. The number of rotatable bonds is 27. The minimum Gasteiger partial charge on any atom is -0.356 e. The minimum atomic E-state index is 0.635. The van der Waals surface area contributed by atoms with Gasteiger partial charge in [0.15, 0.2) is 0 Å². The van der Waals surface area contributed by atoms with Crippen LogP contribution in [0.5, 0.6) is 0 Å². The standard InChI is InChI=1S/C33H66N2/c1-4-7-9-11-13-15-16-17-18-19-20-21-23-25-27-29-33-34(6-3)31-32-35(33)30-28-26-24-22-14-12-10-8-5-2/h31-33H,4-30H2,1-3H3. The lowest BCUT2D eigenvalue weighted by molar-refractivity contribution is 0.142. The number of hydrogen-bond donors (Lipinski definition) is 0. The van der Waals surface area contributed by atoms with E-state index in [4.69, 9.17) is 0 Å². The van der Waals surface area contributed by atoms with E-state index in [1.165, 1.54) is 167 Å². The summed E-state index contributed by atoms with van der Waals surface area (Å²) in [6.45, 7) is 9.33. The van der Waals surface area contributed by atoms with E-state index in [9.17, 15) is 0 Å². The molecule has 208 valence electrons. The molecule has 0 aliphatic carbocycles. The van der Waals surface area contributed by atoms with Crippen LogP contribution in [-0.4, -0.2) is 29.1 Å². The SMILES string of the molecule is CCCCCCCCCCCCCCCCCC1N(CC)C=CN1CCCCCCCCCCC. The van der Waals surface area contributed by atoms with Crippen molar-refractivity contribution in [1.29, 1.82) is 0 Å². The van der Waals surface area contributed by atoms with Gasteiger partial charge in [0.1, 0.15) is 6.17 Å². The topological polar surface area (TPSA) is 6.48 Å². The molecule has 0 spiro atoms. The molecule has 0 saturated heterocycles. The molecule has 1 heterocycles. The summed E-state index contributed by atoms with van der Waals surface area (Å²) in [5.41, 5.74) is 0. The van der Waals surface area contributed by atoms with Gasteiger partial charge in [0.05, 0.1) is 0 Å². The summed E-state index contributed by atoms with van der Waals surface area (Å²) in [5.74, 6) is 0. The van der Waals surface area contributed by atoms with Crippen molar-refractivity contribution in [3.63, 3.8) is 0 Å².